The zero-order valence-electron chi connectivity index (χ0n) is 17.5. The SMILES string of the molecule is Cn1c(CC(=O)Nc2ccc(Cl)c(Cl)c2)nnc1SCC(=O)Nc1cccc2ccccc12. The summed E-state index contributed by atoms with van der Waals surface area (Å²) in [7, 11) is 1.76. The van der Waals surface area contributed by atoms with E-state index < -0.39 is 0 Å². The Balaban J connectivity index is 1.34. The molecule has 0 unspecified atom stereocenters. The van der Waals surface area contributed by atoms with E-state index in [1.165, 1.54) is 11.8 Å². The van der Waals surface area contributed by atoms with Crippen molar-refractivity contribution in [3.8, 4) is 0 Å². The van der Waals surface area contributed by atoms with E-state index in [2.05, 4.69) is 20.8 Å². The highest BCUT2D eigenvalue weighted by atomic mass is 35.5. The summed E-state index contributed by atoms with van der Waals surface area (Å²) in [5, 5.41) is 17.2. The second-order valence-electron chi connectivity index (χ2n) is 7.18. The Hall–Kier alpha value is -3.07. The van der Waals surface area contributed by atoms with Crippen LogP contribution in [0.1, 0.15) is 5.82 Å². The van der Waals surface area contributed by atoms with Crippen LogP contribution in [0.5, 0.6) is 0 Å². The molecule has 1 aromatic heterocycles. The third kappa shape index (κ3) is 5.65. The number of hydrogen-bond donors (Lipinski definition) is 2. The molecule has 168 valence electrons. The van der Waals surface area contributed by atoms with Crippen LogP contribution >= 0.6 is 35.0 Å². The maximum Gasteiger partial charge on any atom is 0.234 e. The number of amides is 2. The molecule has 4 aromatic rings. The fourth-order valence-electron chi connectivity index (χ4n) is 3.20. The molecule has 0 saturated carbocycles. The van der Waals surface area contributed by atoms with Crippen molar-refractivity contribution in [1.82, 2.24) is 14.8 Å². The van der Waals surface area contributed by atoms with Gasteiger partial charge in [0.1, 0.15) is 5.82 Å². The molecule has 33 heavy (non-hydrogen) atoms. The number of benzene rings is 3. The minimum absolute atomic E-state index is 0.0203. The van der Waals surface area contributed by atoms with Crippen molar-refractivity contribution >= 4 is 68.9 Å². The van der Waals surface area contributed by atoms with Gasteiger partial charge in [-0.25, -0.2) is 0 Å². The lowest BCUT2D eigenvalue weighted by molar-refractivity contribution is -0.116. The maximum atomic E-state index is 12.5. The summed E-state index contributed by atoms with van der Waals surface area (Å²) in [4.78, 5) is 24.9. The molecule has 3 aromatic carbocycles. The van der Waals surface area contributed by atoms with Crippen LogP contribution in [0.25, 0.3) is 10.8 Å². The summed E-state index contributed by atoms with van der Waals surface area (Å²) in [5.74, 6) is 0.210. The Morgan fingerprint density at radius 2 is 1.73 bits per heavy atom. The van der Waals surface area contributed by atoms with Crippen LogP contribution in [0.4, 0.5) is 11.4 Å². The van der Waals surface area contributed by atoms with Gasteiger partial charge in [-0.05, 0) is 29.7 Å². The number of anilines is 2. The van der Waals surface area contributed by atoms with Gasteiger partial charge in [-0.2, -0.15) is 0 Å². The monoisotopic (exact) mass is 499 g/mol. The fraction of sp³-hybridized carbons (Fsp3) is 0.130. The summed E-state index contributed by atoms with van der Waals surface area (Å²) < 4.78 is 1.70. The Labute approximate surface area is 204 Å². The highest BCUT2D eigenvalue weighted by Crippen LogP contribution is 2.26. The molecule has 0 aliphatic heterocycles. The van der Waals surface area contributed by atoms with Gasteiger partial charge in [0.15, 0.2) is 5.16 Å². The van der Waals surface area contributed by atoms with Gasteiger partial charge >= 0.3 is 0 Å². The van der Waals surface area contributed by atoms with Gasteiger partial charge in [-0.3, -0.25) is 9.59 Å². The summed E-state index contributed by atoms with van der Waals surface area (Å²) in [6.07, 6.45) is 0.0203. The van der Waals surface area contributed by atoms with Gasteiger partial charge in [-0.15, -0.1) is 10.2 Å². The first-order valence-corrected chi connectivity index (χ1v) is 11.7. The van der Waals surface area contributed by atoms with Gasteiger partial charge in [0.2, 0.25) is 11.8 Å². The van der Waals surface area contributed by atoms with E-state index in [4.69, 9.17) is 23.2 Å². The fourth-order valence-corrected chi connectivity index (χ4v) is 4.23. The number of rotatable bonds is 7. The number of nitrogens with one attached hydrogen (secondary N) is 2. The molecule has 0 bridgehead atoms. The largest absolute Gasteiger partial charge is 0.326 e. The first-order chi connectivity index (χ1) is 15.9. The predicted molar refractivity (Wildman–Crippen MR) is 133 cm³/mol. The molecule has 0 spiro atoms. The third-order valence-corrected chi connectivity index (χ3v) is 6.60. The van der Waals surface area contributed by atoms with Crippen LogP contribution < -0.4 is 10.6 Å². The molecule has 0 atom stereocenters. The van der Waals surface area contributed by atoms with Gasteiger partial charge in [-0.1, -0.05) is 71.4 Å². The van der Waals surface area contributed by atoms with Crippen LogP contribution in [0.15, 0.2) is 65.8 Å². The van der Waals surface area contributed by atoms with Gasteiger partial charge in [0.05, 0.1) is 22.2 Å². The molecule has 0 radical (unpaired) electrons. The summed E-state index contributed by atoms with van der Waals surface area (Å²) in [6.45, 7) is 0. The highest BCUT2D eigenvalue weighted by molar-refractivity contribution is 7.99. The van der Waals surface area contributed by atoms with Gasteiger partial charge < -0.3 is 15.2 Å². The molecular weight excluding hydrogens is 481 g/mol. The summed E-state index contributed by atoms with van der Waals surface area (Å²) in [5.41, 5.74) is 1.30. The van der Waals surface area contributed by atoms with E-state index in [1.54, 1.807) is 29.8 Å². The minimum Gasteiger partial charge on any atom is -0.326 e. The molecule has 0 saturated heterocycles. The van der Waals surface area contributed by atoms with E-state index in [-0.39, 0.29) is 24.0 Å². The van der Waals surface area contributed by atoms with E-state index in [0.29, 0.717) is 26.7 Å². The van der Waals surface area contributed by atoms with Gasteiger partial charge in [0, 0.05) is 23.8 Å². The highest BCUT2D eigenvalue weighted by Gasteiger charge is 2.15. The zero-order chi connectivity index (χ0) is 23.4. The number of carbonyl (C=O) groups is 2. The van der Waals surface area contributed by atoms with E-state index in [0.717, 1.165) is 16.5 Å². The van der Waals surface area contributed by atoms with E-state index >= 15 is 0 Å². The smallest absolute Gasteiger partial charge is 0.234 e. The second-order valence-corrected chi connectivity index (χ2v) is 8.93. The van der Waals surface area contributed by atoms with Crippen molar-refractivity contribution in [2.24, 2.45) is 7.05 Å². The average Bonchev–Trinajstić information content (AvgIpc) is 3.14. The topological polar surface area (TPSA) is 88.9 Å². The average molecular weight is 500 g/mol. The number of thioether (sulfide) groups is 1. The van der Waals surface area contributed by atoms with Crippen LogP contribution in [-0.4, -0.2) is 32.3 Å². The lowest BCUT2D eigenvalue weighted by atomic mass is 10.1. The lowest BCUT2D eigenvalue weighted by Gasteiger charge is -2.09. The molecule has 10 heteroatoms. The molecular formula is C23H19Cl2N5O2S. The third-order valence-electron chi connectivity index (χ3n) is 4.84. The molecule has 1 heterocycles. The van der Waals surface area contributed by atoms with Crippen LogP contribution in [0.2, 0.25) is 10.0 Å². The van der Waals surface area contributed by atoms with Crippen molar-refractivity contribution < 1.29 is 9.59 Å². The van der Waals surface area contributed by atoms with Gasteiger partial charge in [0.25, 0.3) is 0 Å². The predicted octanol–water partition coefficient (Wildman–Crippen LogP) is 5.19. The molecule has 0 aliphatic carbocycles. The van der Waals surface area contributed by atoms with E-state index in [9.17, 15) is 9.59 Å². The normalized spacial score (nSPS) is 10.9. The number of halogens is 2. The second kappa shape index (κ2) is 10.2. The molecule has 0 aliphatic rings. The number of aromatic nitrogens is 3. The van der Waals surface area contributed by atoms with E-state index in [1.807, 2.05) is 42.5 Å². The van der Waals surface area contributed by atoms with Crippen molar-refractivity contribution in [2.45, 2.75) is 11.6 Å². The van der Waals surface area contributed by atoms with Crippen molar-refractivity contribution in [2.75, 3.05) is 16.4 Å². The Morgan fingerprint density at radius 1 is 0.939 bits per heavy atom. The van der Waals surface area contributed by atoms with Crippen LogP contribution in [0, 0.1) is 0 Å². The van der Waals surface area contributed by atoms with Crippen LogP contribution in [0.3, 0.4) is 0 Å². The molecule has 2 N–H and O–H groups in total. The number of hydrogen-bond acceptors (Lipinski definition) is 5. The number of carbonyl (C=O) groups excluding carboxylic acids is 2. The molecule has 2 amide bonds. The zero-order valence-corrected chi connectivity index (χ0v) is 19.8. The summed E-state index contributed by atoms with van der Waals surface area (Å²) >= 11 is 13.1. The first kappa shape index (κ1) is 23.1. The summed E-state index contributed by atoms with van der Waals surface area (Å²) in [6, 6.07) is 18.5. The first-order valence-electron chi connectivity index (χ1n) is 9.94. The van der Waals surface area contributed by atoms with Crippen molar-refractivity contribution in [3.63, 3.8) is 0 Å². The Morgan fingerprint density at radius 3 is 2.55 bits per heavy atom. The lowest BCUT2D eigenvalue weighted by Crippen LogP contribution is -2.17. The van der Waals surface area contributed by atoms with Crippen LogP contribution in [-0.2, 0) is 23.1 Å². The Kier molecular flexibility index (Phi) is 7.17. The van der Waals surface area contributed by atoms with Crippen molar-refractivity contribution in [3.05, 3.63) is 76.5 Å². The molecule has 4 rings (SSSR count). The molecule has 0 fully saturated rings. The quantitative estimate of drug-likeness (QED) is 0.341. The number of nitrogens with zero attached hydrogens (tertiary/aromatic N) is 3. The standard InChI is InChI=1S/C23H19Cl2N5O2S/c1-30-20(12-21(31)26-15-9-10-17(24)18(25)11-15)28-29-23(30)33-13-22(32)27-19-8-4-6-14-5-2-3-7-16(14)19/h2-11H,12-13H2,1H3,(H,26,31)(H,27,32). The Bertz CT molecular complexity index is 1340. The maximum absolute atomic E-state index is 12.5. The number of fused-ring (bicyclic) bond motifs is 1. The van der Waals surface area contributed by atoms with Crippen molar-refractivity contribution in [1.29, 1.82) is 0 Å². The molecule has 7 nitrogen and oxygen atoms in total. The minimum atomic E-state index is -0.269.